The Labute approximate surface area is 82.7 Å². The van der Waals surface area contributed by atoms with Gasteiger partial charge in [-0.25, -0.2) is 4.39 Å². The van der Waals surface area contributed by atoms with Gasteiger partial charge in [-0.3, -0.25) is 4.79 Å². The number of hydrogen-bond donors (Lipinski definition) is 0. The second-order valence-electron chi connectivity index (χ2n) is 3.54. The van der Waals surface area contributed by atoms with E-state index in [9.17, 15) is 9.18 Å². The minimum atomic E-state index is -0.451. The standard InChI is InChI=1S/C11H13FO2/c1-8(2)7-14-11-4-9(6-13)3-10(12)5-11/h3-6,8H,7H2,1-2H3. The maximum absolute atomic E-state index is 12.9. The molecule has 2 nitrogen and oxygen atoms in total. The molecule has 0 amide bonds. The van der Waals surface area contributed by atoms with Crippen molar-refractivity contribution in [2.45, 2.75) is 13.8 Å². The van der Waals surface area contributed by atoms with Crippen LogP contribution in [0.25, 0.3) is 0 Å². The summed E-state index contributed by atoms with van der Waals surface area (Å²) in [6.07, 6.45) is 0.602. The van der Waals surface area contributed by atoms with Crippen LogP contribution in [0.4, 0.5) is 4.39 Å². The van der Waals surface area contributed by atoms with E-state index >= 15 is 0 Å². The molecule has 0 saturated carbocycles. The van der Waals surface area contributed by atoms with Gasteiger partial charge in [0.15, 0.2) is 0 Å². The molecular weight excluding hydrogens is 183 g/mol. The molecule has 14 heavy (non-hydrogen) atoms. The third-order valence-electron chi connectivity index (χ3n) is 1.61. The number of benzene rings is 1. The molecular formula is C11H13FO2. The summed E-state index contributed by atoms with van der Waals surface area (Å²) in [5.41, 5.74) is 0.295. The van der Waals surface area contributed by atoms with Gasteiger partial charge in [0.05, 0.1) is 6.61 Å². The van der Waals surface area contributed by atoms with Crippen LogP contribution in [0.1, 0.15) is 24.2 Å². The summed E-state index contributed by atoms with van der Waals surface area (Å²) in [7, 11) is 0. The average Bonchev–Trinajstić information content (AvgIpc) is 2.14. The highest BCUT2D eigenvalue weighted by molar-refractivity contribution is 5.75. The Balaban J connectivity index is 2.76. The first-order valence-electron chi connectivity index (χ1n) is 4.50. The van der Waals surface area contributed by atoms with Crippen molar-refractivity contribution in [1.29, 1.82) is 0 Å². The zero-order valence-corrected chi connectivity index (χ0v) is 8.29. The number of carbonyl (C=O) groups excluding carboxylic acids is 1. The lowest BCUT2D eigenvalue weighted by molar-refractivity contribution is 0.112. The Bertz CT molecular complexity index is 321. The summed E-state index contributed by atoms with van der Waals surface area (Å²) in [4.78, 5) is 10.4. The zero-order chi connectivity index (χ0) is 10.6. The molecule has 0 aliphatic rings. The van der Waals surface area contributed by atoms with Crippen molar-refractivity contribution in [2.24, 2.45) is 5.92 Å². The van der Waals surface area contributed by atoms with Crippen LogP contribution in [0.2, 0.25) is 0 Å². The highest BCUT2D eigenvalue weighted by Gasteiger charge is 2.02. The molecule has 0 atom stereocenters. The number of rotatable bonds is 4. The van der Waals surface area contributed by atoms with E-state index in [1.54, 1.807) is 0 Å². The Hall–Kier alpha value is -1.38. The third-order valence-corrected chi connectivity index (χ3v) is 1.61. The predicted octanol–water partition coefficient (Wildman–Crippen LogP) is 2.67. The van der Waals surface area contributed by atoms with E-state index in [2.05, 4.69) is 0 Å². The smallest absolute Gasteiger partial charge is 0.150 e. The maximum Gasteiger partial charge on any atom is 0.150 e. The molecule has 76 valence electrons. The Morgan fingerprint density at radius 2 is 2.14 bits per heavy atom. The summed E-state index contributed by atoms with van der Waals surface area (Å²) >= 11 is 0. The minimum absolute atomic E-state index is 0.295. The summed E-state index contributed by atoms with van der Waals surface area (Å²) in [6, 6.07) is 3.98. The highest BCUT2D eigenvalue weighted by Crippen LogP contribution is 2.16. The molecule has 0 aliphatic heterocycles. The number of ether oxygens (including phenoxy) is 1. The SMILES string of the molecule is CC(C)COc1cc(F)cc(C=O)c1. The van der Waals surface area contributed by atoms with E-state index in [0.717, 1.165) is 0 Å². The van der Waals surface area contributed by atoms with Gasteiger partial charge in [-0.05, 0) is 18.1 Å². The van der Waals surface area contributed by atoms with Crippen LogP contribution in [0.3, 0.4) is 0 Å². The first-order valence-corrected chi connectivity index (χ1v) is 4.50. The van der Waals surface area contributed by atoms with E-state index in [0.29, 0.717) is 30.1 Å². The van der Waals surface area contributed by atoms with Crippen LogP contribution in [0.5, 0.6) is 5.75 Å². The van der Waals surface area contributed by atoms with Gasteiger partial charge in [-0.2, -0.15) is 0 Å². The quantitative estimate of drug-likeness (QED) is 0.692. The lowest BCUT2D eigenvalue weighted by Gasteiger charge is -2.08. The van der Waals surface area contributed by atoms with Crippen molar-refractivity contribution < 1.29 is 13.9 Å². The Kier molecular flexibility index (Phi) is 3.63. The topological polar surface area (TPSA) is 26.3 Å². The third kappa shape index (κ3) is 3.17. The number of aldehydes is 1. The molecule has 0 bridgehead atoms. The Morgan fingerprint density at radius 3 is 2.71 bits per heavy atom. The molecule has 0 heterocycles. The van der Waals surface area contributed by atoms with Crippen LogP contribution in [0.15, 0.2) is 18.2 Å². The number of carbonyl (C=O) groups is 1. The van der Waals surface area contributed by atoms with Crippen molar-refractivity contribution in [1.82, 2.24) is 0 Å². The monoisotopic (exact) mass is 196 g/mol. The van der Waals surface area contributed by atoms with Crippen molar-refractivity contribution in [3.63, 3.8) is 0 Å². The fourth-order valence-corrected chi connectivity index (χ4v) is 0.999. The van der Waals surface area contributed by atoms with Gasteiger partial charge in [0.2, 0.25) is 0 Å². The summed E-state index contributed by atoms with van der Waals surface area (Å²) < 4.78 is 18.2. The van der Waals surface area contributed by atoms with E-state index in [1.807, 2.05) is 13.8 Å². The summed E-state index contributed by atoms with van der Waals surface area (Å²) in [6.45, 7) is 4.52. The van der Waals surface area contributed by atoms with Crippen LogP contribution in [-0.4, -0.2) is 12.9 Å². The molecule has 1 rings (SSSR count). The van der Waals surface area contributed by atoms with Crippen molar-refractivity contribution >= 4 is 6.29 Å². The fourth-order valence-electron chi connectivity index (χ4n) is 0.999. The molecule has 0 spiro atoms. The van der Waals surface area contributed by atoms with Crippen molar-refractivity contribution in [3.05, 3.63) is 29.6 Å². The molecule has 0 N–H and O–H groups in total. The normalized spacial score (nSPS) is 10.3. The first-order chi connectivity index (χ1) is 6.61. The van der Waals surface area contributed by atoms with Crippen LogP contribution < -0.4 is 4.74 Å². The summed E-state index contributed by atoms with van der Waals surface area (Å²) in [5, 5.41) is 0. The van der Waals surface area contributed by atoms with E-state index in [-0.39, 0.29) is 0 Å². The largest absolute Gasteiger partial charge is 0.493 e. The lowest BCUT2D eigenvalue weighted by atomic mass is 10.2. The van der Waals surface area contributed by atoms with Crippen LogP contribution in [0, 0.1) is 11.7 Å². The first kappa shape index (κ1) is 10.7. The molecule has 0 radical (unpaired) electrons. The zero-order valence-electron chi connectivity index (χ0n) is 8.29. The second kappa shape index (κ2) is 4.74. The van der Waals surface area contributed by atoms with Gasteiger partial charge < -0.3 is 4.74 Å². The molecule has 0 saturated heterocycles. The Morgan fingerprint density at radius 1 is 1.43 bits per heavy atom. The minimum Gasteiger partial charge on any atom is -0.493 e. The van der Waals surface area contributed by atoms with Gasteiger partial charge in [0.1, 0.15) is 17.9 Å². The van der Waals surface area contributed by atoms with Gasteiger partial charge >= 0.3 is 0 Å². The molecule has 0 fully saturated rings. The maximum atomic E-state index is 12.9. The second-order valence-corrected chi connectivity index (χ2v) is 3.54. The number of halogens is 1. The molecule has 0 aromatic heterocycles. The molecule has 0 aliphatic carbocycles. The van der Waals surface area contributed by atoms with Gasteiger partial charge in [0.25, 0.3) is 0 Å². The van der Waals surface area contributed by atoms with Gasteiger partial charge in [0, 0.05) is 11.6 Å². The molecule has 3 heteroatoms. The molecule has 1 aromatic carbocycles. The fraction of sp³-hybridized carbons (Fsp3) is 0.364. The lowest BCUT2D eigenvalue weighted by Crippen LogP contribution is -2.04. The predicted molar refractivity (Wildman–Crippen MR) is 52.1 cm³/mol. The van der Waals surface area contributed by atoms with E-state index in [4.69, 9.17) is 4.74 Å². The number of hydrogen-bond acceptors (Lipinski definition) is 2. The molecule has 0 unspecified atom stereocenters. The average molecular weight is 196 g/mol. The van der Waals surface area contributed by atoms with Crippen LogP contribution in [-0.2, 0) is 0 Å². The van der Waals surface area contributed by atoms with Crippen LogP contribution >= 0.6 is 0 Å². The van der Waals surface area contributed by atoms with E-state index < -0.39 is 5.82 Å². The van der Waals surface area contributed by atoms with Gasteiger partial charge in [-0.1, -0.05) is 13.8 Å². The summed E-state index contributed by atoms with van der Waals surface area (Å²) in [5.74, 6) is 0.326. The van der Waals surface area contributed by atoms with Crippen molar-refractivity contribution in [2.75, 3.05) is 6.61 Å². The van der Waals surface area contributed by atoms with E-state index in [1.165, 1.54) is 18.2 Å². The van der Waals surface area contributed by atoms with Gasteiger partial charge in [-0.15, -0.1) is 0 Å². The molecule has 1 aromatic rings. The highest BCUT2D eigenvalue weighted by atomic mass is 19.1. The van der Waals surface area contributed by atoms with Crippen molar-refractivity contribution in [3.8, 4) is 5.75 Å².